The van der Waals surface area contributed by atoms with E-state index in [9.17, 15) is 9.59 Å². The van der Waals surface area contributed by atoms with Crippen LogP contribution in [0.1, 0.15) is 26.2 Å². The fourth-order valence-electron chi connectivity index (χ4n) is 2.49. The molecule has 2 rings (SSSR count). The van der Waals surface area contributed by atoms with Gasteiger partial charge in [-0.25, -0.2) is 9.59 Å². The maximum atomic E-state index is 12.2. The first-order valence-electron chi connectivity index (χ1n) is 6.45. The van der Waals surface area contributed by atoms with E-state index in [-0.39, 0.29) is 17.0 Å². The summed E-state index contributed by atoms with van der Waals surface area (Å²) in [5, 5.41) is 11.8. The highest BCUT2D eigenvalue weighted by Crippen LogP contribution is 2.34. The zero-order valence-corrected chi connectivity index (χ0v) is 12.0. The Bertz CT molecular complexity index is 367. The highest BCUT2D eigenvalue weighted by Gasteiger charge is 2.42. The standard InChI is InChI=1S/C12H20N2O4S/c1-8-14(9(6-19-8)10(15)16)11(17)13-7-12(18-2)4-3-5-12/h8-9H,3-7H2,1-2H3,(H,13,17)(H,15,16). The molecule has 0 bridgehead atoms. The van der Waals surface area contributed by atoms with Crippen LogP contribution >= 0.6 is 11.8 Å². The lowest BCUT2D eigenvalue weighted by Gasteiger charge is -2.41. The summed E-state index contributed by atoms with van der Waals surface area (Å²) in [6.45, 7) is 2.30. The van der Waals surface area contributed by atoms with Crippen molar-refractivity contribution in [3.8, 4) is 0 Å². The second-order valence-electron chi connectivity index (χ2n) is 5.09. The molecule has 0 spiro atoms. The molecule has 0 aromatic heterocycles. The Morgan fingerprint density at radius 1 is 1.53 bits per heavy atom. The molecule has 7 heteroatoms. The highest BCUT2D eigenvalue weighted by atomic mass is 32.2. The van der Waals surface area contributed by atoms with Gasteiger partial charge in [0.2, 0.25) is 0 Å². The lowest BCUT2D eigenvalue weighted by molar-refractivity contribution is -0.141. The van der Waals surface area contributed by atoms with Crippen LogP contribution in [-0.2, 0) is 9.53 Å². The van der Waals surface area contributed by atoms with E-state index in [2.05, 4.69) is 5.32 Å². The molecule has 2 N–H and O–H groups in total. The summed E-state index contributed by atoms with van der Waals surface area (Å²) in [5.74, 6) is -0.503. The van der Waals surface area contributed by atoms with Crippen LogP contribution in [0.2, 0.25) is 0 Å². The van der Waals surface area contributed by atoms with Crippen LogP contribution in [-0.4, -0.2) is 58.4 Å². The minimum atomic E-state index is -0.947. The van der Waals surface area contributed by atoms with Crippen molar-refractivity contribution < 1.29 is 19.4 Å². The number of carboxylic acid groups (broad SMARTS) is 1. The number of aliphatic carboxylic acids is 1. The molecule has 108 valence electrons. The van der Waals surface area contributed by atoms with Crippen molar-refractivity contribution in [3.63, 3.8) is 0 Å². The topological polar surface area (TPSA) is 78.9 Å². The summed E-state index contributed by atoms with van der Waals surface area (Å²) in [7, 11) is 1.65. The number of hydrogen-bond donors (Lipinski definition) is 2. The number of amides is 2. The van der Waals surface area contributed by atoms with Gasteiger partial charge in [-0.05, 0) is 26.2 Å². The number of carbonyl (C=O) groups excluding carboxylic acids is 1. The van der Waals surface area contributed by atoms with E-state index in [0.29, 0.717) is 12.3 Å². The van der Waals surface area contributed by atoms with E-state index >= 15 is 0 Å². The lowest BCUT2D eigenvalue weighted by Crippen LogP contribution is -2.55. The van der Waals surface area contributed by atoms with Crippen LogP contribution in [0, 0.1) is 0 Å². The van der Waals surface area contributed by atoms with E-state index in [1.54, 1.807) is 7.11 Å². The molecule has 1 heterocycles. The summed E-state index contributed by atoms with van der Waals surface area (Å²) < 4.78 is 5.43. The van der Waals surface area contributed by atoms with E-state index in [0.717, 1.165) is 19.3 Å². The average Bonchev–Trinajstić information content (AvgIpc) is 2.70. The van der Waals surface area contributed by atoms with Gasteiger partial charge in [-0.15, -0.1) is 11.8 Å². The molecule has 2 aliphatic rings. The van der Waals surface area contributed by atoms with Crippen LogP contribution in [0.3, 0.4) is 0 Å². The Morgan fingerprint density at radius 2 is 2.21 bits per heavy atom. The Labute approximate surface area is 116 Å². The quantitative estimate of drug-likeness (QED) is 0.810. The number of thioether (sulfide) groups is 1. The fraction of sp³-hybridized carbons (Fsp3) is 0.833. The van der Waals surface area contributed by atoms with Crippen LogP contribution < -0.4 is 5.32 Å². The van der Waals surface area contributed by atoms with Gasteiger partial charge in [0, 0.05) is 19.4 Å². The van der Waals surface area contributed by atoms with Gasteiger partial charge in [0.15, 0.2) is 0 Å². The van der Waals surface area contributed by atoms with Gasteiger partial charge in [0.1, 0.15) is 6.04 Å². The molecule has 0 radical (unpaired) electrons. The van der Waals surface area contributed by atoms with Crippen LogP contribution in [0.5, 0.6) is 0 Å². The Balaban J connectivity index is 1.93. The van der Waals surface area contributed by atoms with Crippen molar-refractivity contribution in [1.29, 1.82) is 0 Å². The van der Waals surface area contributed by atoms with Gasteiger partial charge in [-0.3, -0.25) is 4.90 Å². The zero-order valence-electron chi connectivity index (χ0n) is 11.2. The molecule has 2 atom stereocenters. The predicted octanol–water partition coefficient (Wildman–Crippen LogP) is 1.11. The average molecular weight is 288 g/mol. The molecular weight excluding hydrogens is 268 g/mol. The molecule has 0 aromatic rings. The SMILES string of the molecule is COC1(CNC(=O)N2C(C)SCC2C(=O)O)CCC1. The van der Waals surface area contributed by atoms with Crippen molar-refractivity contribution >= 4 is 23.8 Å². The monoisotopic (exact) mass is 288 g/mol. The number of ether oxygens (including phenoxy) is 1. The van der Waals surface area contributed by atoms with Crippen LogP contribution in [0.15, 0.2) is 0 Å². The van der Waals surface area contributed by atoms with Crippen molar-refractivity contribution in [1.82, 2.24) is 10.2 Å². The number of carbonyl (C=O) groups is 2. The molecule has 1 saturated carbocycles. The first-order valence-corrected chi connectivity index (χ1v) is 7.50. The number of carboxylic acids is 1. The minimum absolute atomic E-state index is 0.110. The van der Waals surface area contributed by atoms with Gasteiger partial charge in [0.05, 0.1) is 11.0 Å². The highest BCUT2D eigenvalue weighted by molar-refractivity contribution is 8.00. The lowest BCUT2D eigenvalue weighted by atomic mass is 9.80. The normalized spacial score (nSPS) is 28.8. The smallest absolute Gasteiger partial charge is 0.327 e. The van der Waals surface area contributed by atoms with Gasteiger partial charge in [0.25, 0.3) is 0 Å². The van der Waals surface area contributed by atoms with E-state index in [4.69, 9.17) is 9.84 Å². The number of nitrogens with zero attached hydrogens (tertiary/aromatic N) is 1. The van der Waals surface area contributed by atoms with Crippen molar-refractivity contribution in [2.75, 3.05) is 19.4 Å². The number of hydrogen-bond acceptors (Lipinski definition) is 4. The van der Waals surface area contributed by atoms with Gasteiger partial charge in [-0.1, -0.05) is 0 Å². The van der Waals surface area contributed by atoms with Crippen LogP contribution in [0.25, 0.3) is 0 Å². The molecule has 1 aliphatic heterocycles. The van der Waals surface area contributed by atoms with Crippen LogP contribution in [0.4, 0.5) is 4.79 Å². The van der Waals surface area contributed by atoms with Crippen molar-refractivity contribution in [2.45, 2.75) is 43.2 Å². The first-order chi connectivity index (χ1) is 8.99. The summed E-state index contributed by atoms with van der Waals surface area (Å²) >= 11 is 1.48. The van der Waals surface area contributed by atoms with E-state index in [1.165, 1.54) is 16.7 Å². The fourth-order valence-corrected chi connectivity index (χ4v) is 3.66. The van der Waals surface area contributed by atoms with Crippen molar-refractivity contribution in [2.24, 2.45) is 0 Å². The number of methoxy groups -OCH3 is 1. The Morgan fingerprint density at radius 3 is 2.68 bits per heavy atom. The largest absolute Gasteiger partial charge is 0.480 e. The van der Waals surface area contributed by atoms with E-state index < -0.39 is 12.0 Å². The third-order valence-electron chi connectivity index (χ3n) is 4.00. The summed E-state index contributed by atoms with van der Waals surface area (Å²) in [6.07, 6.45) is 2.99. The molecule has 2 unspecified atom stereocenters. The van der Waals surface area contributed by atoms with Gasteiger partial charge >= 0.3 is 12.0 Å². The van der Waals surface area contributed by atoms with Gasteiger partial charge < -0.3 is 15.2 Å². The molecule has 19 heavy (non-hydrogen) atoms. The molecule has 0 aromatic carbocycles. The molecule has 1 saturated heterocycles. The Hall–Kier alpha value is -0.950. The summed E-state index contributed by atoms with van der Waals surface area (Å²) in [5.41, 5.74) is -0.246. The number of urea groups is 1. The molecule has 2 amide bonds. The molecule has 6 nitrogen and oxygen atoms in total. The second-order valence-corrected chi connectivity index (χ2v) is 6.44. The van der Waals surface area contributed by atoms with E-state index in [1.807, 2.05) is 6.92 Å². The summed E-state index contributed by atoms with van der Waals surface area (Å²) in [6, 6.07) is -1.05. The predicted molar refractivity (Wildman–Crippen MR) is 72.2 cm³/mol. The molecule has 1 aliphatic carbocycles. The number of nitrogens with one attached hydrogen (secondary N) is 1. The molecular formula is C12H20N2O4S. The number of rotatable bonds is 4. The summed E-state index contributed by atoms with van der Waals surface area (Å²) in [4.78, 5) is 24.7. The van der Waals surface area contributed by atoms with Gasteiger partial charge in [-0.2, -0.15) is 0 Å². The molecule has 2 fully saturated rings. The van der Waals surface area contributed by atoms with Crippen molar-refractivity contribution in [3.05, 3.63) is 0 Å². The zero-order chi connectivity index (χ0) is 14.0. The minimum Gasteiger partial charge on any atom is -0.480 e. The third-order valence-corrected chi connectivity index (χ3v) is 5.22. The Kier molecular flexibility index (Phi) is 4.25. The third kappa shape index (κ3) is 2.81. The second kappa shape index (κ2) is 5.58. The maximum absolute atomic E-state index is 12.2. The first kappa shape index (κ1) is 14.5. The maximum Gasteiger partial charge on any atom is 0.327 e.